The van der Waals surface area contributed by atoms with Gasteiger partial charge in [0, 0.05) is 23.6 Å². The Kier molecular flexibility index (Phi) is 4.99. The third-order valence-electron chi connectivity index (χ3n) is 4.21. The van der Waals surface area contributed by atoms with Gasteiger partial charge in [0.15, 0.2) is 11.0 Å². The monoisotopic (exact) mass is 434 g/mol. The molecule has 0 unspecified atom stereocenters. The molecule has 0 bridgehead atoms. The van der Waals surface area contributed by atoms with Gasteiger partial charge in [0.1, 0.15) is 5.75 Å². The number of nitrogens with zero attached hydrogens (tertiary/aromatic N) is 6. The molecule has 5 aromatic rings. The summed E-state index contributed by atoms with van der Waals surface area (Å²) in [5, 5.41) is 25.1. The van der Waals surface area contributed by atoms with E-state index in [-0.39, 0.29) is 5.75 Å². The zero-order valence-electron chi connectivity index (χ0n) is 15.4. The highest BCUT2D eigenvalue weighted by atomic mass is 32.2. The highest BCUT2D eigenvalue weighted by Crippen LogP contribution is 2.30. The maximum Gasteiger partial charge on any atom is 0.237 e. The van der Waals surface area contributed by atoms with Crippen LogP contribution in [-0.2, 0) is 5.75 Å². The van der Waals surface area contributed by atoms with Crippen molar-refractivity contribution in [3.63, 3.8) is 0 Å². The number of phenols is 1. The van der Waals surface area contributed by atoms with Crippen LogP contribution in [0.5, 0.6) is 5.75 Å². The zero-order chi connectivity index (χ0) is 20.3. The quantitative estimate of drug-likeness (QED) is 0.391. The van der Waals surface area contributed by atoms with Crippen molar-refractivity contribution in [2.45, 2.75) is 10.9 Å². The first-order valence-corrected chi connectivity index (χ1v) is 10.8. The van der Waals surface area contributed by atoms with Crippen LogP contribution in [0.2, 0.25) is 0 Å². The van der Waals surface area contributed by atoms with Gasteiger partial charge >= 0.3 is 0 Å². The van der Waals surface area contributed by atoms with Crippen molar-refractivity contribution >= 4 is 23.1 Å². The van der Waals surface area contributed by atoms with Crippen LogP contribution in [0.1, 0.15) is 5.89 Å². The van der Waals surface area contributed by atoms with Crippen molar-refractivity contribution in [1.29, 1.82) is 0 Å². The smallest absolute Gasteiger partial charge is 0.237 e. The Bertz CT molecular complexity index is 1250. The molecule has 0 saturated carbocycles. The summed E-state index contributed by atoms with van der Waals surface area (Å²) < 4.78 is 7.32. The molecule has 0 spiro atoms. The topological polar surface area (TPSA) is 103 Å². The van der Waals surface area contributed by atoms with E-state index in [1.165, 1.54) is 11.8 Å². The van der Waals surface area contributed by atoms with Gasteiger partial charge in [-0.25, -0.2) is 0 Å². The van der Waals surface area contributed by atoms with Crippen LogP contribution >= 0.6 is 23.1 Å². The molecule has 5 rings (SSSR count). The molecule has 148 valence electrons. The number of phenolic OH excluding ortho intramolecular Hbond substituents is 1. The lowest BCUT2D eigenvalue weighted by molar-refractivity contribution is 0.391. The summed E-state index contributed by atoms with van der Waals surface area (Å²) >= 11 is 3.01. The minimum Gasteiger partial charge on any atom is -0.508 e. The zero-order valence-corrected chi connectivity index (χ0v) is 17.0. The fraction of sp³-hybridized carbons (Fsp3) is 0.0500. The van der Waals surface area contributed by atoms with E-state index in [1.807, 2.05) is 46.3 Å². The van der Waals surface area contributed by atoms with E-state index in [1.54, 1.807) is 35.9 Å². The summed E-state index contributed by atoms with van der Waals surface area (Å²) in [6.45, 7) is 0. The summed E-state index contributed by atoms with van der Waals surface area (Å²) in [5.41, 5.74) is 1.71. The number of hydrogen-bond acceptors (Lipinski definition) is 9. The van der Waals surface area contributed by atoms with E-state index >= 15 is 0 Å². The molecular formula is C20H14N6O2S2. The van der Waals surface area contributed by atoms with Gasteiger partial charge in [-0.15, -0.1) is 21.5 Å². The van der Waals surface area contributed by atoms with Crippen LogP contribution in [0.25, 0.3) is 27.8 Å². The highest BCUT2D eigenvalue weighted by molar-refractivity contribution is 7.98. The molecule has 1 aromatic carbocycles. The average molecular weight is 435 g/mol. The van der Waals surface area contributed by atoms with Gasteiger partial charge in [0.25, 0.3) is 0 Å². The number of pyridine rings is 1. The summed E-state index contributed by atoms with van der Waals surface area (Å²) in [7, 11) is 0. The molecule has 4 aromatic heterocycles. The van der Waals surface area contributed by atoms with E-state index in [2.05, 4.69) is 25.3 Å². The molecule has 0 atom stereocenters. The van der Waals surface area contributed by atoms with Crippen molar-refractivity contribution in [3.8, 4) is 33.5 Å². The van der Waals surface area contributed by atoms with E-state index in [0.717, 1.165) is 16.1 Å². The van der Waals surface area contributed by atoms with Gasteiger partial charge in [-0.2, -0.15) is 4.98 Å². The molecule has 1 N–H and O–H groups in total. The standard InChI is InChI=1S/C20H14N6O2S2/c27-15-5-3-14(4-6-15)26-19(13-7-9-21-10-8-13)23-24-20(26)30-12-17-22-18(25-28-17)16-2-1-11-29-16/h1-11,27H,12H2. The second-order valence-corrected chi connectivity index (χ2v) is 8.06. The molecule has 0 aliphatic carbocycles. The fourth-order valence-corrected chi connectivity index (χ4v) is 4.27. The van der Waals surface area contributed by atoms with Crippen LogP contribution < -0.4 is 0 Å². The number of hydrogen-bond donors (Lipinski definition) is 1. The van der Waals surface area contributed by atoms with Gasteiger partial charge in [-0.05, 0) is 47.8 Å². The molecule has 4 heterocycles. The summed E-state index contributed by atoms with van der Waals surface area (Å²) in [6.07, 6.45) is 3.42. The number of aromatic hydroxyl groups is 1. The Balaban J connectivity index is 1.46. The lowest BCUT2D eigenvalue weighted by Gasteiger charge is -2.10. The third-order valence-corrected chi connectivity index (χ3v) is 5.99. The van der Waals surface area contributed by atoms with Crippen molar-refractivity contribution in [2.24, 2.45) is 0 Å². The minimum atomic E-state index is 0.193. The molecule has 0 radical (unpaired) electrons. The van der Waals surface area contributed by atoms with Crippen LogP contribution in [0.4, 0.5) is 0 Å². The Morgan fingerprint density at radius 1 is 1.03 bits per heavy atom. The van der Waals surface area contributed by atoms with Crippen LogP contribution in [0, 0.1) is 0 Å². The molecule has 10 heteroatoms. The lowest BCUT2D eigenvalue weighted by Crippen LogP contribution is -1.99. The van der Waals surface area contributed by atoms with E-state index in [0.29, 0.717) is 28.4 Å². The van der Waals surface area contributed by atoms with E-state index in [9.17, 15) is 5.11 Å². The van der Waals surface area contributed by atoms with Crippen LogP contribution in [-0.4, -0.2) is 35.0 Å². The molecule has 0 saturated heterocycles. The second kappa shape index (κ2) is 8.09. The van der Waals surface area contributed by atoms with E-state index < -0.39 is 0 Å². The van der Waals surface area contributed by atoms with Crippen LogP contribution in [0.15, 0.2) is 76.0 Å². The second-order valence-electron chi connectivity index (χ2n) is 6.17. The summed E-state index contributed by atoms with van der Waals surface area (Å²) in [4.78, 5) is 9.49. The number of benzene rings is 1. The maximum atomic E-state index is 9.66. The fourth-order valence-electron chi connectivity index (χ4n) is 2.83. The largest absolute Gasteiger partial charge is 0.508 e. The Hall–Kier alpha value is -3.50. The third kappa shape index (κ3) is 3.70. The Labute approximate surface area is 179 Å². The molecule has 0 amide bonds. The highest BCUT2D eigenvalue weighted by Gasteiger charge is 2.18. The molecular weight excluding hydrogens is 420 g/mol. The number of aromatic nitrogens is 6. The average Bonchev–Trinajstić information content (AvgIpc) is 3.53. The molecule has 8 nitrogen and oxygen atoms in total. The SMILES string of the molecule is Oc1ccc(-n2c(SCc3nc(-c4cccs4)no3)nnc2-c2ccncc2)cc1. The molecule has 0 fully saturated rings. The lowest BCUT2D eigenvalue weighted by atomic mass is 10.2. The number of thiophene rings is 1. The van der Waals surface area contributed by atoms with Gasteiger partial charge in [-0.1, -0.05) is 23.0 Å². The predicted octanol–water partition coefficient (Wildman–Crippen LogP) is 4.44. The minimum absolute atomic E-state index is 0.193. The van der Waals surface area contributed by atoms with Gasteiger partial charge < -0.3 is 9.63 Å². The Morgan fingerprint density at radius 3 is 2.63 bits per heavy atom. The first-order valence-electron chi connectivity index (χ1n) is 8.92. The molecule has 0 aliphatic heterocycles. The molecule has 0 aliphatic rings. The Morgan fingerprint density at radius 2 is 1.87 bits per heavy atom. The van der Waals surface area contributed by atoms with E-state index in [4.69, 9.17) is 4.52 Å². The first-order chi connectivity index (χ1) is 14.8. The number of thioether (sulfide) groups is 1. The summed E-state index contributed by atoms with van der Waals surface area (Å²) in [6, 6.07) is 14.5. The van der Waals surface area contributed by atoms with Gasteiger partial charge in [-0.3, -0.25) is 9.55 Å². The van der Waals surface area contributed by atoms with Gasteiger partial charge in [0.05, 0.1) is 10.6 Å². The molecule has 30 heavy (non-hydrogen) atoms. The van der Waals surface area contributed by atoms with Crippen molar-refractivity contribution in [2.75, 3.05) is 0 Å². The van der Waals surface area contributed by atoms with Crippen molar-refractivity contribution in [3.05, 3.63) is 72.2 Å². The van der Waals surface area contributed by atoms with Gasteiger partial charge in [0.2, 0.25) is 11.7 Å². The normalized spacial score (nSPS) is 11.1. The van der Waals surface area contributed by atoms with Crippen molar-refractivity contribution in [1.82, 2.24) is 29.9 Å². The predicted molar refractivity (Wildman–Crippen MR) is 113 cm³/mol. The first kappa shape index (κ1) is 18.5. The summed E-state index contributed by atoms with van der Waals surface area (Å²) in [5.74, 6) is 2.41. The van der Waals surface area contributed by atoms with Crippen LogP contribution in [0.3, 0.4) is 0 Å². The number of rotatable bonds is 6. The maximum absolute atomic E-state index is 9.66. The van der Waals surface area contributed by atoms with Crippen molar-refractivity contribution < 1.29 is 9.63 Å².